The van der Waals surface area contributed by atoms with Crippen molar-refractivity contribution in [1.29, 1.82) is 0 Å². The SMILES string of the molecule is CNc1ccc([N+](=O)[O-])cc1C(=O)Nc1cccc(C)c1C. The van der Waals surface area contributed by atoms with Crippen LogP contribution < -0.4 is 10.6 Å². The Hall–Kier alpha value is -2.89. The first-order valence-corrected chi connectivity index (χ1v) is 6.77. The molecule has 0 saturated carbocycles. The third kappa shape index (κ3) is 3.06. The van der Waals surface area contributed by atoms with Crippen LogP contribution in [0.5, 0.6) is 0 Å². The maximum atomic E-state index is 12.5. The summed E-state index contributed by atoms with van der Waals surface area (Å²) in [6, 6.07) is 9.77. The molecule has 6 heteroatoms. The first-order valence-electron chi connectivity index (χ1n) is 6.77. The maximum absolute atomic E-state index is 12.5. The third-order valence-corrected chi connectivity index (χ3v) is 3.58. The van der Waals surface area contributed by atoms with Gasteiger partial charge in [-0.05, 0) is 37.1 Å². The van der Waals surface area contributed by atoms with Gasteiger partial charge in [-0.25, -0.2) is 0 Å². The molecule has 2 aromatic carbocycles. The Balaban J connectivity index is 2.38. The summed E-state index contributed by atoms with van der Waals surface area (Å²) in [5.41, 5.74) is 3.37. The molecule has 0 heterocycles. The zero-order chi connectivity index (χ0) is 16.3. The normalized spacial score (nSPS) is 10.1. The van der Waals surface area contributed by atoms with Gasteiger partial charge in [0.15, 0.2) is 0 Å². The van der Waals surface area contributed by atoms with Crippen LogP contribution >= 0.6 is 0 Å². The van der Waals surface area contributed by atoms with Gasteiger partial charge in [0.05, 0.1) is 10.5 Å². The molecule has 0 spiro atoms. The van der Waals surface area contributed by atoms with Crippen molar-refractivity contribution in [3.63, 3.8) is 0 Å². The fourth-order valence-electron chi connectivity index (χ4n) is 2.13. The molecule has 0 unspecified atom stereocenters. The highest BCUT2D eigenvalue weighted by molar-refractivity contribution is 6.08. The van der Waals surface area contributed by atoms with Gasteiger partial charge < -0.3 is 10.6 Å². The summed E-state index contributed by atoms with van der Waals surface area (Å²) >= 11 is 0. The van der Waals surface area contributed by atoms with Crippen LogP contribution in [0.25, 0.3) is 0 Å². The molecular weight excluding hydrogens is 282 g/mol. The molecule has 0 fully saturated rings. The number of nitrogens with zero attached hydrogens (tertiary/aromatic N) is 1. The van der Waals surface area contributed by atoms with Crippen molar-refractivity contribution in [2.45, 2.75) is 13.8 Å². The number of nitro groups is 1. The Bertz CT molecular complexity index is 741. The Kier molecular flexibility index (Phi) is 4.41. The predicted molar refractivity (Wildman–Crippen MR) is 86.5 cm³/mol. The minimum atomic E-state index is -0.520. The molecule has 0 radical (unpaired) electrons. The van der Waals surface area contributed by atoms with Crippen LogP contribution in [-0.4, -0.2) is 17.9 Å². The van der Waals surface area contributed by atoms with E-state index in [1.165, 1.54) is 18.2 Å². The van der Waals surface area contributed by atoms with Gasteiger partial charge in [0.25, 0.3) is 11.6 Å². The summed E-state index contributed by atoms with van der Waals surface area (Å²) in [6.45, 7) is 3.87. The lowest BCUT2D eigenvalue weighted by Crippen LogP contribution is -2.15. The standard InChI is InChI=1S/C16H17N3O3/c1-10-5-4-6-14(11(10)2)18-16(20)13-9-12(19(21)22)7-8-15(13)17-3/h4-9,17H,1-3H3,(H,18,20). The van der Waals surface area contributed by atoms with Gasteiger partial charge in [0.2, 0.25) is 0 Å². The fourth-order valence-corrected chi connectivity index (χ4v) is 2.13. The van der Waals surface area contributed by atoms with Gasteiger partial charge in [0.1, 0.15) is 0 Å². The van der Waals surface area contributed by atoms with E-state index >= 15 is 0 Å². The molecule has 0 bridgehead atoms. The summed E-state index contributed by atoms with van der Waals surface area (Å²) in [4.78, 5) is 22.8. The molecule has 6 nitrogen and oxygen atoms in total. The molecule has 114 valence electrons. The third-order valence-electron chi connectivity index (χ3n) is 3.58. The molecule has 2 rings (SSSR count). The number of benzene rings is 2. The van der Waals surface area contributed by atoms with Crippen LogP contribution in [0.3, 0.4) is 0 Å². The molecule has 1 amide bonds. The van der Waals surface area contributed by atoms with Crippen LogP contribution in [0.1, 0.15) is 21.5 Å². The van der Waals surface area contributed by atoms with Crippen molar-refractivity contribution in [3.05, 3.63) is 63.2 Å². The monoisotopic (exact) mass is 299 g/mol. The zero-order valence-electron chi connectivity index (χ0n) is 12.6. The molecule has 0 aliphatic carbocycles. The highest BCUT2D eigenvalue weighted by Gasteiger charge is 2.17. The Morgan fingerprint density at radius 1 is 1.14 bits per heavy atom. The average molecular weight is 299 g/mol. The lowest BCUT2D eigenvalue weighted by atomic mass is 10.1. The van der Waals surface area contributed by atoms with E-state index in [2.05, 4.69) is 10.6 Å². The van der Waals surface area contributed by atoms with Crippen LogP contribution in [0.4, 0.5) is 17.1 Å². The number of rotatable bonds is 4. The minimum Gasteiger partial charge on any atom is -0.387 e. The van der Waals surface area contributed by atoms with Crippen molar-refractivity contribution in [1.82, 2.24) is 0 Å². The number of amides is 1. The average Bonchev–Trinajstić information content (AvgIpc) is 2.51. The predicted octanol–water partition coefficient (Wildman–Crippen LogP) is 3.51. The van der Waals surface area contributed by atoms with E-state index in [4.69, 9.17) is 0 Å². The highest BCUT2D eigenvalue weighted by Crippen LogP contribution is 2.24. The molecular formula is C16H17N3O3. The summed E-state index contributed by atoms with van der Waals surface area (Å²) in [6.07, 6.45) is 0. The topological polar surface area (TPSA) is 84.3 Å². The van der Waals surface area contributed by atoms with E-state index in [-0.39, 0.29) is 17.2 Å². The highest BCUT2D eigenvalue weighted by atomic mass is 16.6. The number of hydrogen-bond donors (Lipinski definition) is 2. The smallest absolute Gasteiger partial charge is 0.270 e. The molecule has 0 aliphatic rings. The number of non-ortho nitro benzene ring substituents is 1. The van der Waals surface area contributed by atoms with Crippen molar-refractivity contribution in [2.24, 2.45) is 0 Å². The largest absolute Gasteiger partial charge is 0.387 e. The maximum Gasteiger partial charge on any atom is 0.270 e. The van der Waals surface area contributed by atoms with Crippen LogP contribution in [0, 0.1) is 24.0 Å². The molecule has 0 atom stereocenters. The van der Waals surface area contributed by atoms with Crippen molar-refractivity contribution < 1.29 is 9.72 Å². The van der Waals surface area contributed by atoms with E-state index in [0.717, 1.165) is 11.1 Å². The molecule has 2 N–H and O–H groups in total. The number of hydrogen-bond acceptors (Lipinski definition) is 4. The summed E-state index contributed by atoms with van der Waals surface area (Å²) < 4.78 is 0. The quantitative estimate of drug-likeness (QED) is 0.668. The van der Waals surface area contributed by atoms with Gasteiger partial charge in [-0.2, -0.15) is 0 Å². The van der Waals surface area contributed by atoms with E-state index in [0.29, 0.717) is 11.4 Å². The summed E-state index contributed by atoms with van der Waals surface area (Å²) in [5, 5.41) is 16.6. The second kappa shape index (κ2) is 6.26. The van der Waals surface area contributed by atoms with Crippen LogP contribution in [0.15, 0.2) is 36.4 Å². The van der Waals surface area contributed by atoms with Gasteiger partial charge in [-0.15, -0.1) is 0 Å². The van der Waals surface area contributed by atoms with Crippen LogP contribution in [-0.2, 0) is 0 Å². The van der Waals surface area contributed by atoms with E-state index in [9.17, 15) is 14.9 Å². The summed E-state index contributed by atoms with van der Waals surface area (Å²) in [7, 11) is 1.66. The second-order valence-electron chi connectivity index (χ2n) is 4.94. The number of carbonyl (C=O) groups is 1. The molecule has 22 heavy (non-hydrogen) atoms. The van der Waals surface area contributed by atoms with Gasteiger partial charge in [-0.1, -0.05) is 12.1 Å². The van der Waals surface area contributed by atoms with E-state index in [1.807, 2.05) is 26.0 Å². The number of aryl methyl sites for hydroxylation is 1. The first-order chi connectivity index (χ1) is 10.4. The molecule has 0 aliphatic heterocycles. The van der Waals surface area contributed by atoms with Gasteiger partial charge in [-0.3, -0.25) is 14.9 Å². The zero-order valence-corrected chi connectivity index (χ0v) is 12.6. The van der Waals surface area contributed by atoms with E-state index in [1.54, 1.807) is 13.1 Å². The lowest BCUT2D eigenvalue weighted by Gasteiger charge is -2.12. The summed E-state index contributed by atoms with van der Waals surface area (Å²) in [5.74, 6) is -0.387. The molecule has 0 saturated heterocycles. The van der Waals surface area contributed by atoms with Gasteiger partial charge in [0, 0.05) is 30.6 Å². The Labute approximate surface area is 128 Å². The number of anilines is 2. The first kappa shape index (κ1) is 15.5. The van der Waals surface area contributed by atoms with Crippen molar-refractivity contribution >= 4 is 23.0 Å². The minimum absolute atomic E-state index is 0.120. The number of carbonyl (C=O) groups excluding carboxylic acids is 1. The fraction of sp³-hybridized carbons (Fsp3) is 0.188. The van der Waals surface area contributed by atoms with E-state index < -0.39 is 4.92 Å². The molecule has 2 aromatic rings. The Morgan fingerprint density at radius 3 is 2.50 bits per heavy atom. The van der Waals surface area contributed by atoms with Gasteiger partial charge >= 0.3 is 0 Å². The Morgan fingerprint density at radius 2 is 1.86 bits per heavy atom. The number of nitro benzene ring substituents is 1. The van der Waals surface area contributed by atoms with Crippen LogP contribution in [0.2, 0.25) is 0 Å². The van der Waals surface area contributed by atoms with Crippen molar-refractivity contribution in [2.75, 3.05) is 17.7 Å². The second-order valence-corrected chi connectivity index (χ2v) is 4.94. The lowest BCUT2D eigenvalue weighted by molar-refractivity contribution is -0.384. The number of nitrogens with one attached hydrogen (secondary N) is 2. The molecule has 0 aromatic heterocycles. The van der Waals surface area contributed by atoms with Crippen molar-refractivity contribution in [3.8, 4) is 0 Å².